The third-order valence-corrected chi connectivity index (χ3v) is 7.44. The van der Waals surface area contributed by atoms with Gasteiger partial charge in [0.15, 0.2) is 6.29 Å². The Hall–Kier alpha value is -1.63. The highest BCUT2D eigenvalue weighted by molar-refractivity contribution is 5.11. The van der Waals surface area contributed by atoms with Crippen LogP contribution in [0, 0.1) is 17.3 Å². The molecule has 2 nitrogen and oxygen atoms in total. The molecule has 38 heavy (non-hydrogen) atoms. The molecule has 0 bridgehead atoms. The summed E-state index contributed by atoms with van der Waals surface area (Å²) in [4.78, 5) is 0. The summed E-state index contributed by atoms with van der Waals surface area (Å²) in [6, 6.07) is 0. The third-order valence-electron chi connectivity index (χ3n) is 7.44. The van der Waals surface area contributed by atoms with Crippen LogP contribution in [0.4, 0.5) is 4.39 Å². The first-order chi connectivity index (χ1) is 17.9. The molecule has 2 atom stereocenters. The second kappa shape index (κ2) is 18.6. The first-order valence-corrected chi connectivity index (χ1v) is 14.9. The molecule has 1 heterocycles. The molecular formula is C35H57FO2. The highest BCUT2D eigenvalue weighted by Crippen LogP contribution is 2.27. The first kappa shape index (κ1) is 34.4. The van der Waals surface area contributed by atoms with Crippen LogP contribution in [0.25, 0.3) is 0 Å². The van der Waals surface area contributed by atoms with Crippen molar-refractivity contribution in [2.75, 3.05) is 0 Å². The molecule has 0 radical (unpaired) electrons. The third kappa shape index (κ3) is 16.4. The maximum atomic E-state index is 14.7. The van der Waals surface area contributed by atoms with Crippen molar-refractivity contribution in [1.29, 1.82) is 0 Å². The van der Waals surface area contributed by atoms with E-state index in [-0.39, 0.29) is 17.5 Å². The lowest BCUT2D eigenvalue weighted by Crippen LogP contribution is -2.35. The standard InChI is InChI=1S/C35H57FO2/c1-10-11-24-35(8,9)25-23-29(4)21-22-30(5)33(36)19-13-17-27(2)15-12-16-28(3)18-14-20-34-37-31(6)26-32(7)38-34/h16-17,23,31-32,34H,12-15,18-22,24-26H2,1-9H3/b27-17+,28-16+,29-23+,33-30-/t31-,32-/m0/s1. The van der Waals surface area contributed by atoms with Crippen molar-refractivity contribution in [1.82, 2.24) is 0 Å². The molecule has 0 saturated carbocycles. The van der Waals surface area contributed by atoms with E-state index in [0.29, 0.717) is 18.6 Å². The van der Waals surface area contributed by atoms with Crippen LogP contribution in [-0.4, -0.2) is 18.5 Å². The Kier molecular flexibility index (Phi) is 16.9. The molecule has 0 unspecified atom stereocenters. The summed E-state index contributed by atoms with van der Waals surface area (Å²) < 4.78 is 26.4. The zero-order chi connectivity index (χ0) is 28.6. The summed E-state index contributed by atoms with van der Waals surface area (Å²) >= 11 is 0. The van der Waals surface area contributed by atoms with Crippen molar-refractivity contribution in [3.05, 3.63) is 46.3 Å². The van der Waals surface area contributed by atoms with E-state index in [2.05, 4.69) is 78.5 Å². The molecule has 0 N–H and O–H groups in total. The van der Waals surface area contributed by atoms with Crippen molar-refractivity contribution in [3.63, 3.8) is 0 Å². The first-order valence-electron chi connectivity index (χ1n) is 14.9. The highest BCUT2D eigenvalue weighted by atomic mass is 19.1. The number of allylic oxidation sites excluding steroid dienone is 8. The van der Waals surface area contributed by atoms with Gasteiger partial charge in [0.2, 0.25) is 0 Å². The summed E-state index contributed by atoms with van der Waals surface area (Å²) in [6.07, 6.45) is 18.5. The van der Waals surface area contributed by atoms with Gasteiger partial charge in [-0.1, -0.05) is 48.8 Å². The Morgan fingerprint density at radius 2 is 1.42 bits per heavy atom. The van der Waals surface area contributed by atoms with E-state index in [4.69, 9.17) is 9.47 Å². The van der Waals surface area contributed by atoms with Crippen LogP contribution in [0.15, 0.2) is 46.3 Å². The lowest BCUT2D eigenvalue weighted by molar-refractivity contribution is -0.236. The van der Waals surface area contributed by atoms with Crippen LogP contribution >= 0.6 is 0 Å². The van der Waals surface area contributed by atoms with Gasteiger partial charge < -0.3 is 9.47 Å². The molecule has 0 aromatic heterocycles. The van der Waals surface area contributed by atoms with Gasteiger partial charge in [0.1, 0.15) is 0 Å². The van der Waals surface area contributed by atoms with Gasteiger partial charge in [-0.2, -0.15) is 0 Å². The van der Waals surface area contributed by atoms with Crippen LogP contribution in [-0.2, 0) is 9.47 Å². The molecule has 0 aromatic carbocycles. The average molecular weight is 529 g/mol. The Morgan fingerprint density at radius 1 is 0.842 bits per heavy atom. The van der Waals surface area contributed by atoms with E-state index in [1.165, 1.54) is 16.7 Å². The van der Waals surface area contributed by atoms with Gasteiger partial charge in [-0.3, -0.25) is 0 Å². The molecule has 216 valence electrons. The second-order valence-electron chi connectivity index (χ2n) is 12.3. The van der Waals surface area contributed by atoms with Crippen molar-refractivity contribution < 1.29 is 13.9 Å². The second-order valence-corrected chi connectivity index (χ2v) is 12.3. The summed E-state index contributed by atoms with van der Waals surface area (Å²) in [5, 5.41) is 0. The van der Waals surface area contributed by atoms with Crippen LogP contribution in [0.3, 0.4) is 0 Å². The van der Waals surface area contributed by atoms with E-state index in [1.807, 2.05) is 13.8 Å². The molecule has 0 aromatic rings. The summed E-state index contributed by atoms with van der Waals surface area (Å²) in [7, 11) is 0. The number of hydrogen-bond acceptors (Lipinski definition) is 2. The predicted molar refractivity (Wildman–Crippen MR) is 163 cm³/mol. The zero-order valence-corrected chi connectivity index (χ0v) is 26.1. The minimum Gasteiger partial charge on any atom is -0.350 e. The summed E-state index contributed by atoms with van der Waals surface area (Å²) in [6.45, 7) is 19.2. The number of rotatable bonds is 16. The normalized spacial score (nSPS) is 22.2. The van der Waals surface area contributed by atoms with Gasteiger partial charge in [0.25, 0.3) is 0 Å². The van der Waals surface area contributed by atoms with E-state index in [1.54, 1.807) is 0 Å². The van der Waals surface area contributed by atoms with Gasteiger partial charge in [-0.25, -0.2) is 4.39 Å². The number of halogens is 1. The fourth-order valence-electron chi connectivity index (χ4n) is 4.69. The van der Waals surface area contributed by atoms with Crippen LogP contribution < -0.4 is 0 Å². The monoisotopic (exact) mass is 528 g/mol. The SMILES string of the molecule is CC#CCC(C)(C)C/C=C(\C)CC/C(C)=C(\F)CC/C=C(\C)CC/C=C(\C)CCCC1O[C@@H](C)C[C@H](C)O1. The smallest absolute Gasteiger partial charge is 0.158 e. The molecule has 3 heteroatoms. The van der Waals surface area contributed by atoms with Crippen molar-refractivity contribution in [2.45, 2.75) is 158 Å². The molecule has 1 rings (SSSR count). The lowest BCUT2D eigenvalue weighted by atomic mass is 9.85. The molecule has 1 aliphatic rings. The highest BCUT2D eigenvalue weighted by Gasteiger charge is 2.24. The maximum Gasteiger partial charge on any atom is 0.158 e. The zero-order valence-electron chi connectivity index (χ0n) is 26.1. The van der Waals surface area contributed by atoms with Crippen molar-refractivity contribution >= 4 is 0 Å². The Labute approximate surface area is 235 Å². The molecule has 0 amide bonds. The fourth-order valence-corrected chi connectivity index (χ4v) is 4.69. The molecule has 1 fully saturated rings. The Balaban J connectivity index is 2.30. The minimum atomic E-state index is -0.0474. The molecular weight excluding hydrogens is 471 g/mol. The van der Waals surface area contributed by atoms with Gasteiger partial charge in [-0.05, 0) is 124 Å². The van der Waals surface area contributed by atoms with Crippen LogP contribution in [0.2, 0.25) is 0 Å². The van der Waals surface area contributed by atoms with Crippen molar-refractivity contribution in [2.24, 2.45) is 5.41 Å². The predicted octanol–water partition coefficient (Wildman–Crippen LogP) is 10.9. The quantitative estimate of drug-likeness (QED) is 0.146. The van der Waals surface area contributed by atoms with E-state index in [9.17, 15) is 4.39 Å². The Bertz CT molecular complexity index is 867. The fraction of sp³-hybridized carbons (Fsp3) is 0.714. The van der Waals surface area contributed by atoms with Gasteiger partial charge in [-0.15, -0.1) is 11.8 Å². The van der Waals surface area contributed by atoms with E-state index in [0.717, 1.165) is 76.2 Å². The van der Waals surface area contributed by atoms with E-state index >= 15 is 0 Å². The topological polar surface area (TPSA) is 18.5 Å². The van der Waals surface area contributed by atoms with Gasteiger partial charge in [0, 0.05) is 12.8 Å². The van der Waals surface area contributed by atoms with Crippen LogP contribution in [0.5, 0.6) is 0 Å². The summed E-state index contributed by atoms with van der Waals surface area (Å²) in [5.41, 5.74) is 5.21. The van der Waals surface area contributed by atoms with E-state index < -0.39 is 0 Å². The van der Waals surface area contributed by atoms with Crippen LogP contribution in [0.1, 0.15) is 139 Å². The van der Waals surface area contributed by atoms with Gasteiger partial charge >= 0.3 is 0 Å². The van der Waals surface area contributed by atoms with Gasteiger partial charge in [0.05, 0.1) is 18.0 Å². The molecule has 0 aliphatic carbocycles. The summed E-state index contributed by atoms with van der Waals surface area (Å²) in [5.74, 6) is 6.24. The van der Waals surface area contributed by atoms with Crippen molar-refractivity contribution in [3.8, 4) is 11.8 Å². The average Bonchev–Trinajstić information content (AvgIpc) is 2.84. The number of ether oxygens (including phenoxy) is 2. The Morgan fingerprint density at radius 3 is 2.05 bits per heavy atom. The maximum absolute atomic E-state index is 14.7. The molecule has 1 saturated heterocycles. The molecule has 1 aliphatic heterocycles. The largest absolute Gasteiger partial charge is 0.350 e. The lowest BCUT2D eigenvalue weighted by Gasteiger charge is -2.32. The molecule has 0 spiro atoms. The minimum absolute atomic E-state index is 0.0474. The number of hydrogen-bond donors (Lipinski definition) is 0.